The van der Waals surface area contributed by atoms with Crippen LogP contribution in [0.15, 0.2) is 18.2 Å². The molecule has 0 radical (unpaired) electrons. The Morgan fingerprint density at radius 3 is 2.62 bits per heavy atom. The van der Waals surface area contributed by atoms with Crippen molar-refractivity contribution >= 4 is 0 Å². The zero-order valence-electron chi connectivity index (χ0n) is 13.7. The molecule has 0 aliphatic rings. The summed E-state index contributed by atoms with van der Waals surface area (Å²) in [6.45, 7) is 7.90. The number of nitrogens with one attached hydrogen (secondary N) is 1. The molecule has 0 aromatic heterocycles. The number of ether oxygens (including phenoxy) is 2. The van der Waals surface area contributed by atoms with Crippen LogP contribution >= 0.6 is 0 Å². The lowest BCUT2D eigenvalue weighted by Crippen LogP contribution is -2.31. The molecule has 0 bridgehead atoms. The zero-order valence-corrected chi connectivity index (χ0v) is 13.7. The lowest BCUT2D eigenvalue weighted by Gasteiger charge is -2.18. The second kappa shape index (κ2) is 9.64. The van der Waals surface area contributed by atoms with Crippen LogP contribution in [-0.4, -0.2) is 31.5 Å². The first-order valence-electron chi connectivity index (χ1n) is 7.75. The second-order valence-electron chi connectivity index (χ2n) is 5.65. The van der Waals surface area contributed by atoms with Crippen molar-refractivity contribution in [3.8, 4) is 11.5 Å². The van der Waals surface area contributed by atoms with Crippen molar-refractivity contribution in [2.24, 2.45) is 5.92 Å². The third-order valence-corrected chi connectivity index (χ3v) is 3.52. The van der Waals surface area contributed by atoms with Gasteiger partial charge in [0.25, 0.3) is 0 Å². The number of hydrogen-bond acceptors (Lipinski definition) is 4. The second-order valence-corrected chi connectivity index (χ2v) is 5.65. The Bertz CT molecular complexity index is 403. The number of methoxy groups -OCH3 is 1. The number of hydrogen-bond donors (Lipinski definition) is 2. The molecule has 1 aromatic carbocycles. The Labute approximate surface area is 128 Å². The van der Waals surface area contributed by atoms with Crippen LogP contribution in [0.4, 0.5) is 0 Å². The molecule has 21 heavy (non-hydrogen) atoms. The van der Waals surface area contributed by atoms with Gasteiger partial charge in [-0.1, -0.05) is 32.9 Å². The normalized spacial score (nSPS) is 12.5. The number of para-hydroxylation sites is 1. The molecule has 1 aromatic rings. The molecular weight excluding hydrogens is 266 g/mol. The Balaban J connectivity index is 2.76. The van der Waals surface area contributed by atoms with Gasteiger partial charge >= 0.3 is 0 Å². The smallest absolute Gasteiger partial charge is 0.165 e. The molecule has 1 atom stereocenters. The molecule has 4 heteroatoms. The van der Waals surface area contributed by atoms with Gasteiger partial charge in [0.2, 0.25) is 0 Å². The molecule has 0 fully saturated rings. The van der Waals surface area contributed by atoms with E-state index in [2.05, 4.69) is 26.1 Å². The summed E-state index contributed by atoms with van der Waals surface area (Å²) < 4.78 is 11.3. The van der Waals surface area contributed by atoms with E-state index < -0.39 is 0 Å². The number of benzene rings is 1. The topological polar surface area (TPSA) is 50.7 Å². The Hall–Kier alpha value is -1.26. The fourth-order valence-corrected chi connectivity index (χ4v) is 2.01. The van der Waals surface area contributed by atoms with Gasteiger partial charge in [-0.15, -0.1) is 0 Å². The summed E-state index contributed by atoms with van der Waals surface area (Å²) in [4.78, 5) is 0. The van der Waals surface area contributed by atoms with Crippen molar-refractivity contribution in [1.29, 1.82) is 0 Å². The summed E-state index contributed by atoms with van der Waals surface area (Å²) in [5.74, 6) is 2.18. The Morgan fingerprint density at radius 1 is 1.29 bits per heavy atom. The molecular formula is C17H29NO3. The monoisotopic (exact) mass is 295 g/mol. The average Bonchev–Trinajstić information content (AvgIpc) is 2.48. The van der Waals surface area contributed by atoms with Crippen LogP contribution in [0.1, 0.15) is 39.2 Å². The summed E-state index contributed by atoms with van der Waals surface area (Å²) in [6, 6.07) is 6.02. The van der Waals surface area contributed by atoms with Crippen LogP contribution in [0, 0.1) is 5.92 Å². The van der Waals surface area contributed by atoms with Crippen molar-refractivity contribution in [3.05, 3.63) is 23.8 Å². The van der Waals surface area contributed by atoms with Gasteiger partial charge in [0.15, 0.2) is 11.5 Å². The van der Waals surface area contributed by atoms with Gasteiger partial charge in [-0.3, -0.25) is 0 Å². The summed E-state index contributed by atoms with van der Waals surface area (Å²) in [5, 5.41) is 12.6. The first-order chi connectivity index (χ1) is 10.1. The van der Waals surface area contributed by atoms with Gasteiger partial charge in [0.05, 0.1) is 20.3 Å². The summed E-state index contributed by atoms with van der Waals surface area (Å²) in [7, 11) is 1.66. The number of aliphatic hydroxyl groups is 1. The van der Waals surface area contributed by atoms with Gasteiger partial charge in [0.1, 0.15) is 0 Å². The van der Waals surface area contributed by atoms with Crippen molar-refractivity contribution in [3.63, 3.8) is 0 Å². The Morgan fingerprint density at radius 2 is 2.05 bits per heavy atom. The van der Waals surface area contributed by atoms with Crippen molar-refractivity contribution < 1.29 is 14.6 Å². The van der Waals surface area contributed by atoms with Gasteiger partial charge in [-0.2, -0.15) is 0 Å². The summed E-state index contributed by atoms with van der Waals surface area (Å²) >= 11 is 0. The van der Waals surface area contributed by atoms with Crippen LogP contribution in [-0.2, 0) is 6.54 Å². The molecule has 4 nitrogen and oxygen atoms in total. The summed E-state index contributed by atoms with van der Waals surface area (Å²) in [6.07, 6.45) is 1.91. The fraction of sp³-hybridized carbons (Fsp3) is 0.647. The van der Waals surface area contributed by atoms with Crippen LogP contribution in [0.5, 0.6) is 11.5 Å². The highest BCUT2D eigenvalue weighted by molar-refractivity contribution is 5.46. The van der Waals surface area contributed by atoms with Crippen LogP contribution in [0.3, 0.4) is 0 Å². The van der Waals surface area contributed by atoms with Crippen LogP contribution < -0.4 is 14.8 Å². The minimum Gasteiger partial charge on any atom is -0.493 e. The standard InChI is InChI=1S/C17H29NO3/c1-5-15(12-19)18-11-14-7-6-8-16(20-4)17(14)21-10-9-13(2)3/h6-8,13,15,18-19H,5,9-12H2,1-4H3. The van der Waals surface area contributed by atoms with Crippen molar-refractivity contribution in [2.45, 2.75) is 46.2 Å². The maximum atomic E-state index is 9.26. The van der Waals surface area contributed by atoms with Gasteiger partial charge in [0, 0.05) is 18.2 Å². The molecule has 1 unspecified atom stereocenters. The van der Waals surface area contributed by atoms with Crippen molar-refractivity contribution in [2.75, 3.05) is 20.3 Å². The fourth-order valence-electron chi connectivity index (χ4n) is 2.01. The molecule has 2 N–H and O–H groups in total. The molecule has 120 valence electrons. The van der Waals surface area contributed by atoms with Crippen LogP contribution in [0.2, 0.25) is 0 Å². The first kappa shape index (κ1) is 17.8. The maximum Gasteiger partial charge on any atom is 0.165 e. The number of aliphatic hydroxyl groups excluding tert-OH is 1. The predicted octanol–water partition coefficient (Wildman–Crippen LogP) is 2.98. The molecule has 0 saturated carbocycles. The summed E-state index contributed by atoms with van der Waals surface area (Å²) in [5.41, 5.74) is 1.06. The molecule has 0 amide bonds. The van der Waals surface area contributed by atoms with E-state index in [0.717, 1.165) is 29.9 Å². The lowest BCUT2D eigenvalue weighted by molar-refractivity contribution is 0.236. The van der Waals surface area contributed by atoms with E-state index >= 15 is 0 Å². The molecule has 0 saturated heterocycles. The quantitative estimate of drug-likeness (QED) is 0.697. The zero-order chi connectivity index (χ0) is 15.7. The lowest BCUT2D eigenvalue weighted by atomic mass is 10.1. The highest BCUT2D eigenvalue weighted by Crippen LogP contribution is 2.31. The largest absolute Gasteiger partial charge is 0.493 e. The van der Waals surface area contributed by atoms with Crippen molar-refractivity contribution in [1.82, 2.24) is 5.32 Å². The van der Waals surface area contributed by atoms with E-state index in [9.17, 15) is 5.11 Å². The Kier molecular flexibility index (Phi) is 8.16. The van der Waals surface area contributed by atoms with E-state index in [1.54, 1.807) is 7.11 Å². The first-order valence-corrected chi connectivity index (χ1v) is 7.75. The number of rotatable bonds is 10. The van der Waals surface area contributed by atoms with Gasteiger partial charge in [-0.25, -0.2) is 0 Å². The molecule has 0 aliphatic carbocycles. The SMILES string of the molecule is CCC(CO)NCc1cccc(OC)c1OCCC(C)C. The van der Waals surface area contributed by atoms with Crippen LogP contribution in [0.25, 0.3) is 0 Å². The molecule has 0 spiro atoms. The molecule has 0 aliphatic heterocycles. The van der Waals surface area contributed by atoms with E-state index in [0.29, 0.717) is 19.1 Å². The average molecular weight is 295 g/mol. The minimum absolute atomic E-state index is 0.111. The third-order valence-electron chi connectivity index (χ3n) is 3.52. The van der Waals surface area contributed by atoms with E-state index in [-0.39, 0.29) is 12.6 Å². The molecule has 0 heterocycles. The highest BCUT2D eigenvalue weighted by Gasteiger charge is 2.12. The van der Waals surface area contributed by atoms with Gasteiger partial charge in [-0.05, 0) is 24.8 Å². The molecule has 1 rings (SSSR count). The van der Waals surface area contributed by atoms with E-state index in [4.69, 9.17) is 9.47 Å². The van der Waals surface area contributed by atoms with E-state index in [1.807, 2.05) is 18.2 Å². The predicted molar refractivity (Wildman–Crippen MR) is 85.9 cm³/mol. The van der Waals surface area contributed by atoms with Gasteiger partial charge < -0.3 is 19.9 Å². The third kappa shape index (κ3) is 5.94. The van der Waals surface area contributed by atoms with E-state index in [1.165, 1.54) is 0 Å². The highest BCUT2D eigenvalue weighted by atomic mass is 16.5. The maximum absolute atomic E-state index is 9.26. The minimum atomic E-state index is 0.111.